The molecule has 0 atom stereocenters. The third kappa shape index (κ3) is 2.81. The molecule has 1 aromatic carbocycles. The van der Waals surface area contributed by atoms with E-state index in [9.17, 15) is 13.2 Å². The number of alkyl halides is 4. The Balaban J connectivity index is 2.29. The molecule has 0 spiro atoms. The summed E-state index contributed by atoms with van der Waals surface area (Å²) in [7, 11) is 0. The van der Waals surface area contributed by atoms with Gasteiger partial charge in [-0.2, -0.15) is 13.2 Å². The van der Waals surface area contributed by atoms with E-state index in [0.717, 1.165) is 6.07 Å². The van der Waals surface area contributed by atoms with Crippen molar-refractivity contribution in [2.24, 2.45) is 0 Å². The van der Waals surface area contributed by atoms with Gasteiger partial charge in [-0.1, -0.05) is 23.4 Å². The Morgan fingerprint density at radius 2 is 1.94 bits per heavy atom. The lowest BCUT2D eigenvalue weighted by atomic mass is 10.1. The monoisotopic (exact) mass is 275 g/mol. The largest absolute Gasteiger partial charge is 0.416 e. The van der Waals surface area contributed by atoms with E-state index in [1.807, 2.05) is 0 Å². The fourth-order valence-corrected chi connectivity index (χ4v) is 1.71. The lowest BCUT2D eigenvalue weighted by Crippen LogP contribution is -2.11. The zero-order valence-electron chi connectivity index (χ0n) is 9.15. The molecule has 18 heavy (non-hydrogen) atoms. The van der Waals surface area contributed by atoms with Gasteiger partial charge in [0.25, 0.3) is 0 Å². The summed E-state index contributed by atoms with van der Waals surface area (Å²) in [5.74, 6) is 0.181. The van der Waals surface area contributed by atoms with Crippen LogP contribution < -0.4 is 0 Å². The Labute approximate surface area is 106 Å². The zero-order valence-corrected chi connectivity index (χ0v) is 9.91. The van der Waals surface area contributed by atoms with Crippen LogP contribution in [0.1, 0.15) is 16.8 Å². The third-order valence-corrected chi connectivity index (χ3v) is 2.65. The first-order valence-corrected chi connectivity index (χ1v) is 5.64. The van der Waals surface area contributed by atoms with Gasteiger partial charge >= 0.3 is 6.18 Å². The van der Waals surface area contributed by atoms with Crippen LogP contribution in [0.25, 0.3) is 0 Å². The van der Waals surface area contributed by atoms with E-state index in [-0.39, 0.29) is 18.0 Å². The highest BCUT2D eigenvalue weighted by Gasteiger charge is 2.32. The van der Waals surface area contributed by atoms with Crippen LogP contribution in [0, 0.1) is 0 Å². The van der Waals surface area contributed by atoms with E-state index in [2.05, 4.69) is 10.3 Å². The molecule has 96 valence electrons. The standard InChI is InChI=1S/C11H9ClF3N3/c12-5-9-7-18(17-16-9)6-8-3-1-2-4-10(8)11(13,14)15/h1-4,7H,5-6H2. The summed E-state index contributed by atoms with van der Waals surface area (Å²) in [6, 6.07) is 5.39. The number of nitrogens with zero attached hydrogens (tertiary/aromatic N) is 3. The molecular formula is C11H9ClF3N3. The molecule has 2 aromatic rings. The molecule has 0 unspecified atom stereocenters. The highest BCUT2D eigenvalue weighted by atomic mass is 35.5. The van der Waals surface area contributed by atoms with Crippen molar-refractivity contribution < 1.29 is 13.2 Å². The summed E-state index contributed by atoms with van der Waals surface area (Å²) < 4.78 is 39.6. The van der Waals surface area contributed by atoms with Crippen molar-refractivity contribution in [2.45, 2.75) is 18.6 Å². The van der Waals surface area contributed by atoms with Gasteiger partial charge in [0.1, 0.15) is 0 Å². The molecule has 0 N–H and O–H groups in total. The van der Waals surface area contributed by atoms with E-state index in [4.69, 9.17) is 11.6 Å². The molecule has 0 saturated heterocycles. The predicted octanol–water partition coefficient (Wildman–Crippen LogP) is 3.08. The zero-order chi connectivity index (χ0) is 13.2. The van der Waals surface area contributed by atoms with E-state index in [1.165, 1.54) is 23.0 Å². The molecule has 1 heterocycles. The van der Waals surface area contributed by atoms with Crippen molar-refractivity contribution in [3.8, 4) is 0 Å². The van der Waals surface area contributed by atoms with Crippen LogP contribution in [0.15, 0.2) is 30.5 Å². The second-order valence-corrected chi connectivity index (χ2v) is 3.96. The van der Waals surface area contributed by atoms with Gasteiger partial charge < -0.3 is 0 Å². The lowest BCUT2D eigenvalue weighted by molar-refractivity contribution is -0.138. The van der Waals surface area contributed by atoms with Crippen molar-refractivity contribution >= 4 is 11.6 Å². The van der Waals surface area contributed by atoms with Gasteiger partial charge in [0.05, 0.1) is 29.9 Å². The normalized spacial score (nSPS) is 11.8. The predicted molar refractivity (Wildman–Crippen MR) is 60.1 cm³/mol. The fourth-order valence-electron chi connectivity index (χ4n) is 1.59. The topological polar surface area (TPSA) is 30.7 Å². The molecule has 2 rings (SSSR count). The Morgan fingerprint density at radius 3 is 2.56 bits per heavy atom. The molecule has 0 bridgehead atoms. The lowest BCUT2D eigenvalue weighted by Gasteiger charge is -2.12. The smallest absolute Gasteiger partial charge is 0.248 e. The van der Waals surface area contributed by atoms with Crippen molar-refractivity contribution in [3.63, 3.8) is 0 Å². The van der Waals surface area contributed by atoms with Gasteiger partial charge in [-0.25, -0.2) is 4.68 Å². The number of rotatable bonds is 3. The Hall–Kier alpha value is -1.56. The van der Waals surface area contributed by atoms with Crippen molar-refractivity contribution in [2.75, 3.05) is 0 Å². The molecule has 0 fully saturated rings. The summed E-state index contributed by atoms with van der Waals surface area (Å²) in [5.41, 5.74) is 0.0186. The molecule has 3 nitrogen and oxygen atoms in total. The minimum absolute atomic E-state index is 0.0135. The number of hydrogen-bond donors (Lipinski definition) is 0. The van der Waals surface area contributed by atoms with Crippen LogP contribution in [-0.2, 0) is 18.6 Å². The molecule has 7 heteroatoms. The highest BCUT2D eigenvalue weighted by molar-refractivity contribution is 6.16. The van der Waals surface area contributed by atoms with Gasteiger partial charge in [0.2, 0.25) is 0 Å². The van der Waals surface area contributed by atoms with Crippen molar-refractivity contribution in [1.29, 1.82) is 0 Å². The highest BCUT2D eigenvalue weighted by Crippen LogP contribution is 2.32. The maximum atomic E-state index is 12.8. The first-order chi connectivity index (χ1) is 8.50. The van der Waals surface area contributed by atoms with Gasteiger partial charge in [-0.05, 0) is 11.6 Å². The van der Waals surface area contributed by atoms with Crippen molar-refractivity contribution in [3.05, 3.63) is 47.3 Å². The molecule has 0 aliphatic rings. The summed E-state index contributed by atoms with van der Waals surface area (Å²) in [4.78, 5) is 0. The molecule has 0 aliphatic heterocycles. The first kappa shape index (κ1) is 12.9. The summed E-state index contributed by atoms with van der Waals surface area (Å²) in [6.07, 6.45) is -2.84. The van der Waals surface area contributed by atoms with Crippen LogP contribution in [-0.4, -0.2) is 15.0 Å². The van der Waals surface area contributed by atoms with Crippen LogP contribution >= 0.6 is 11.6 Å². The number of aromatic nitrogens is 3. The van der Waals surface area contributed by atoms with Gasteiger partial charge in [0.15, 0.2) is 0 Å². The maximum Gasteiger partial charge on any atom is 0.416 e. The first-order valence-electron chi connectivity index (χ1n) is 5.11. The quantitative estimate of drug-likeness (QED) is 0.806. The second-order valence-electron chi connectivity index (χ2n) is 3.70. The van der Waals surface area contributed by atoms with Crippen LogP contribution in [0.3, 0.4) is 0 Å². The summed E-state index contributed by atoms with van der Waals surface area (Å²) in [6.45, 7) is 0.0135. The number of benzene rings is 1. The van der Waals surface area contributed by atoms with Crippen LogP contribution in [0.2, 0.25) is 0 Å². The Bertz CT molecular complexity index is 536. The second kappa shape index (κ2) is 4.97. The van der Waals surface area contributed by atoms with Gasteiger partial charge in [-0.3, -0.25) is 0 Å². The molecule has 0 amide bonds. The average molecular weight is 276 g/mol. The molecule has 1 aromatic heterocycles. The van der Waals surface area contributed by atoms with Crippen LogP contribution in [0.4, 0.5) is 13.2 Å². The summed E-state index contributed by atoms with van der Waals surface area (Å²) in [5, 5.41) is 7.44. The number of hydrogen-bond acceptors (Lipinski definition) is 2. The van der Waals surface area contributed by atoms with Gasteiger partial charge in [-0.15, -0.1) is 16.7 Å². The van der Waals surface area contributed by atoms with Crippen molar-refractivity contribution in [1.82, 2.24) is 15.0 Å². The van der Waals surface area contributed by atoms with E-state index < -0.39 is 11.7 Å². The van der Waals surface area contributed by atoms with E-state index >= 15 is 0 Å². The van der Waals surface area contributed by atoms with Gasteiger partial charge in [0, 0.05) is 0 Å². The number of halogens is 4. The molecule has 0 aliphatic carbocycles. The SMILES string of the molecule is FC(F)(F)c1ccccc1Cn1cc(CCl)nn1. The minimum Gasteiger partial charge on any atom is -0.248 e. The Morgan fingerprint density at radius 1 is 1.22 bits per heavy atom. The summed E-state index contributed by atoms with van der Waals surface area (Å²) >= 11 is 5.55. The average Bonchev–Trinajstić information content (AvgIpc) is 2.76. The molecular weight excluding hydrogens is 267 g/mol. The molecule has 0 radical (unpaired) electrons. The van der Waals surface area contributed by atoms with E-state index in [1.54, 1.807) is 6.07 Å². The fraction of sp³-hybridized carbons (Fsp3) is 0.273. The Kier molecular flexibility index (Phi) is 3.56. The minimum atomic E-state index is -4.37. The third-order valence-electron chi connectivity index (χ3n) is 2.38. The van der Waals surface area contributed by atoms with Crippen LogP contribution in [0.5, 0.6) is 0 Å². The molecule has 0 saturated carbocycles. The van der Waals surface area contributed by atoms with E-state index in [0.29, 0.717) is 5.69 Å². The maximum absolute atomic E-state index is 12.8.